The molecule has 4 heteroatoms. The Labute approximate surface area is 122 Å². The Hall–Kier alpha value is -1.91. The zero-order valence-electron chi connectivity index (χ0n) is 11.3. The lowest BCUT2D eigenvalue weighted by Gasteiger charge is -2.12. The minimum atomic E-state index is 0.355. The van der Waals surface area contributed by atoms with E-state index in [2.05, 4.69) is 52.1 Å². The molecule has 1 atom stereocenters. The second-order valence-corrected chi connectivity index (χ2v) is 5.73. The Morgan fingerprint density at radius 1 is 1.20 bits per heavy atom. The number of thiophene rings is 1. The number of aromatic nitrogens is 2. The minimum Gasteiger partial charge on any atom is -0.305 e. The molecule has 0 spiro atoms. The van der Waals surface area contributed by atoms with Gasteiger partial charge in [-0.25, -0.2) is 0 Å². The fourth-order valence-electron chi connectivity index (χ4n) is 2.20. The van der Waals surface area contributed by atoms with Crippen molar-refractivity contribution >= 4 is 11.3 Å². The van der Waals surface area contributed by atoms with Gasteiger partial charge >= 0.3 is 0 Å². The molecule has 0 aliphatic rings. The summed E-state index contributed by atoms with van der Waals surface area (Å²) in [6, 6.07) is 14.9. The number of hydrogen-bond donors (Lipinski definition) is 2. The molecule has 0 amide bonds. The van der Waals surface area contributed by atoms with Gasteiger partial charge in [-0.1, -0.05) is 36.4 Å². The van der Waals surface area contributed by atoms with E-state index in [4.69, 9.17) is 0 Å². The van der Waals surface area contributed by atoms with E-state index in [0.29, 0.717) is 6.04 Å². The molecule has 0 saturated carbocycles. The highest BCUT2D eigenvalue weighted by Crippen LogP contribution is 2.22. The van der Waals surface area contributed by atoms with Gasteiger partial charge < -0.3 is 5.32 Å². The van der Waals surface area contributed by atoms with Gasteiger partial charge in [0, 0.05) is 23.0 Å². The Morgan fingerprint density at radius 3 is 2.80 bits per heavy atom. The SMILES string of the molecule is CC(NCc1cn[nH]c1-c1ccccc1)c1cccs1. The van der Waals surface area contributed by atoms with Gasteiger partial charge in [-0.3, -0.25) is 5.10 Å². The average molecular weight is 283 g/mol. The van der Waals surface area contributed by atoms with Gasteiger partial charge in [0.2, 0.25) is 0 Å². The molecule has 2 aromatic heterocycles. The van der Waals surface area contributed by atoms with Crippen LogP contribution in [0.2, 0.25) is 0 Å². The number of hydrogen-bond acceptors (Lipinski definition) is 3. The summed E-state index contributed by atoms with van der Waals surface area (Å²) in [5, 5.41) is 12.9. The van der Waals surface area contributed by atoms with Crippen LogP contribution in [0.5, 0.6) is 0 Å². The highest BCUT2D eigenvalue weighted by atomic mass is 32.1. The van der Waals surface area contributed by atoms with Crippen LogP contribution in [0.3, 0.4) is 0 Å². The third kappa shape index (κ3) is 2.81. The van der Waals surface area contributed by atoms with Crippen LogP contribution in [0.4, 0.5) is 0 Å². The van der Waals surface area contributed by atoms with Crippen molar-refractivity contribution in [2.75, 3.05) is 0 Å². The molecule has 0 aliphatic heterocycles. The summed E-state index contributed by atoms with van der Waals surface area (Å²) in [5.74, 6) is 0. The third-order valence-electron chi connectivity index (χ3n) is 3.35. The number of rotatable bonds is 5. The van der Waals surface area contributed by atoms with Gasteiger partial charge in [0.1, 0.15) is 0 Å². The Balaban J connectivity index is 1.72. The summed E-state index contributed by atoms with van der Waals surface area (Å²) >= 11 is 1.78. The Morgan fingerprint density at radius 2 is 2.05 bits per heavy atom. The standard InChI is InChI=1S/C16H17N3S/c1-12(15-8-5-9-20-15)17-10-14-11-18-19-16(14)13-6-3-2-4-7-13/h2-9,11-12,17H,10H2,1H3,(H,18,19). The largest absolute Gasteiger partial charge is 0.305 e. The number of nitrogens with zero attached hydrogens (tertiary/aromatic N) is 1. The van der Waals surface area contributed by atoms with Gasteiger partial charge in [-0.15, -0.1) is 11.3 Å². The van der Waals surface area contributed by atoms with Crippen LogP contribution in [0.25, 0.3) is 11.3 Å². The summed E-state index contributed by atoms with van der Waals surface area (Å²) in [6.07, 6.45) is 1.90. The number of H-pyrrole nitrogens is 1. The number of nitrogens with one attached hydrogen (secondary N) is 2. The lowest BCUT2D eigenvalue weighted by atomic mass is 10.1. The molecule has 102 valence electrons. The van der Waals surface area contributed by atoms with Crippen molar-refractivity contribution in [3.63, 3.8) is 0 Å². The van der Waals surface area contributed by atoms with E-state index < -0.39 is 0 Å². The van der Waals surface area contributed by atoms with Gasteiger partial charge in [0.15, 0.2) is 0 Å². The van der Waals surface area contributed by atoms with E-state index >= 15 is 0 Å². The Bertz CT molecular complexity index is 643. The predicted molar refractivity (Wildman–Crippen MR) is 83.6 cm³/mol. The fourth-order valence-corrected chi connectivity index (χ4v) is 2.96. The van der Waals surface area contributed by atoms with Crippen molar-refractivity contribution in [1.29, 1.82) is 0 Å². The van der Waals surface area contributed by atoms with E-state index in [1.807, 2.05) is 24.4 Å². The second kappa shape index (κ2) is 6.03. The quantitative estimate of drug-likeness (QED) is 0.743. The molecule has 1 aromatic carbocycles. The topological polar surface area (TPSA) is 40.7 Å². The zero-order chi connectivity index (χ0) is 13.8. The molecular weight excluding hydrogens is 266 g/mol. The van der Waals surface area contributed by atoms with Crippen molar-refractivity contribution in [1.82, 2.24) is 15.5 Å². The molecule has 0 fully saturated rings. The zero-order valence-corrected chi connectivity index (χ0v) is 12.2. The van der Waals surface area contributed by atoms with Gasteiger partial charge in [-0.2, -0.15) is 5.10 Å². The maximum atomic E-state index is 4.18. The molecule has 0 radical (unpaired) electrons. The maximum Gasteiger partial charge on any atom is 0.0695 e. The first kappa shape index (κ1) is 13.1. The normalized spacial score (nSPS) is 12.4. The van der Waals surface area contributed by atoms with Crippen LogP contribution < -0.4 is 5.32 Å². The van der Waals surface area contributed by atoms with Gasteiger partial charge in [0.05, 0.1) is 11.9 Å². The summed E-state index contributed by atoms with van der Waals surface area (Å²) in [6.45, 7) is 2.99. The summed E-state index contributed by atoms with van der Waals surface area (Å²) < 4.78 is 0. The van der Waals surface area contributed by atoms with Crippen molar-refractivity contribution < 1.29 is 0 Å². The van der Waals surface area contributed by atoms with Crippen molar-refractivity contribution in [2.45, 2.75) is 19.5 Å². The lowest BCUT2D eigenvalue weighted by Crippen LogP contribution is -2.17. The average Bonchev–Trinajstić information content (AvgIpc) is 3.17. The minimum absolute atomic E-state index is 0.355. The molecule has 0 saturated heterocycles. The van der Waals surface area contributed by atoms with Crippen molar-refractivity contribution in [2.24, 2.45) is 0 Å². The predicted octanol–water partition coefficient (Wildman–Crippen LogP) is 3.99. The van der Waals surface area contributed by atoms with E-state index in [0.717, 1.165) is 12.2 Å². The van der Waals surface area contributed by atoms with E-state index in [1.54, 1.807) is 11.3 Å². The summed E-state index contributed by atoms with van der Waals surface area (Å²) in [5.41, 5.74) is 3.46. The van der Waals surface area contributed by atoms with Crippen LogP contribution in [0.15, 0.2) is 54.0 Å². The highest BCUT2D eigenvalue weighted by Gasteiger charge is 2.10. The van der Waals surface area contributed by atoms with Gasteiger partial charge in [0.25, 0.3) is 0 Å². The Kier molecular flexibility index (Phi) is 3.95. The first-order valence-corrected chi connectivity index (χ1v) is 7.57. The van der Waals surface area contributed by atoms with E-state index in [-0.39, 0.29) is 0 Å². The van der Waals surface area contributed by atoms with E-state index in [9.17, 15) is 0 Å². The molecule has 20 heavy (non-hydrogen) atoms. The monoisotopic (exact) mass is 283 g/mol. The van der Waals surface area contributed by atoms with Gasteiger partial charge in [-0.05, 0) is 23.9 Å². The molecule has 3 aromatic rings. The molecule has 0 bridgehead atoms. The first-order valence-electron chi connectivity index (χ1n) is 6.69. The third-order valence-corrected chi connectivity index (χ3v) is 4.40. The van der Waals surface area contributed by atoms with Crippen molar-refractivity contribution in [3.8, 4) is 11.3 Å². The molecule has 3 rings (SSSR count). The summed E-state index contributed by atoms with van der Waals surface area (Å²) in [4.78, 5) is 1.36. The van der Waals surface area contributed by atoms with Crippen LogP contribution in [0, 0.1) is 0 Å². The van der Waals surface area contributed by atoms with Crippen LogP contribution in [-0.4, -0.2) is 10.2 Å². The molecule has 2 N–H and O–H groups in total. The van der Waals surface area contributed by atoms with Crippen LogP contribution >= 0.6 is 11.3 Å². The lowest BCUT2D eigenvalue weighted by molar-refractivity contribution is 0.583. The summed E-state index contributed by atoms with van der Waals surface area (Å²) in [7, 11) is 0. The molecule has 0 aliphatic carbocycles. The highest BCUT2D eigenvalue weighted by molar-refractivity contribution is 7.10. The van der Waals surface area contributed by atoms with Crippen LogP contribution in [0.1, 0.15) is 23.4 Å². The molecular formula is C16H17N3S. The number of aromatic amines is 1. The maximum absolute atomic E-state index is 4.18. The molecule has 1 unspecified atom stereocenters. The fraction of sp³-hybridized carbons (Fsp3) is 0.188. The number of benzene rings is 1. The molecule has 2 heterocycles. The van der Waals surface area contributed by atoms with Crippen molar-refractivity contribution in [3.05, 3.63) is 64.5 Å². The van der Waals surface area contributed by atoms with E-state index in [1.165, 1.54) is 16.0 Å². The molecule has 3 nitrogen and oxygen atoms in total. The second-order valence-electron chi connectivity index (χ2n) is 4.75. The smallest absolute Gasteiger partial charge is 0.0695 e. The first-order chi connectivity index (χ1) is 9.84. The van der Waals surface area contributed by atoms with Crippen LogP contribution in [-0.2, 0) is 6.54 Å².